The number of benzene rings is 1. The zero-order valence-corrected chi connectivity index (χ0v) is 18.6. The summed E-state index contributed by atoms with van der Waals surface area (Å²) >= 11 is 1.67. The molecule has 1 aliphatic rings. The van der Waals surface area contributed by atoms with Gasteiger partial charge in [-0.25, -0.2) is 9.97 Å². The van der Waals surface area contributed by atoms with E-state index in [0.29, 0.717) is 19.1 Å². The van der Waals surface area contributed by atoms with Crippen LogP contribution in [0.5, 0.6) is 11.6 Å². The first kappa shape index (κ1) is 21.3. The van der Waals surface area contributed by atoms with E-state index in [-0.39, 0.29) is 12.3 Å². The second kappa shape index (κ2) is 9.47. The standard InChI is InChI=1S/C24H26N2O4S/c1-15-16(2)31-24(26-15)19-6-9-22(25-14-19)30-11-3-10-29-20-7-8-21-17(12-20)4-5-18(21)13-23(27)28/h6-9,12,14,18H,3-5,10-11,13H2,1-2H3,(H,27,28)/t18-/m0/s1. The molecule has 4 rings (SSSR count). The lowest BCUT2D eigenvalue weighted by Gasteiger charge is -2.11. The molecule has 0 spiro atoms. The lowest BCUT2D eigenvalue weighted by atomic mass is 9.98. The van der Waals surface area contributed by atoms with E-state index >= 15 is 0 Å². The lowest BCUT2D eigenvalue weighted by molar-refractivity contribution is -0.137. The van der Waals surface area contributed by atoms with Crippen molar-refractivity contribution < 1.29 is 19.4 Å². The monoisotopic (exact) mass is 438 g/mol. The summed E-state index contributed by atoms with van der Waals surface area (Å²) in [5, 5.41) is 10.0. The molecule has 0 saturated carbocycles. The van der Waals surface area contributed by atoms with Crippen molar-refractivity contribution in [2.45, 2.75) is 45.4 Å². The first-order chi connectivity index (χ1) is 15.0. The summed E-state index contributed by atoms with van der Waals surface area (Å²) in [5.74, 6) is 0.801. The van der Waals surface area contributed by atoms with Gasteiger partial charge in [0.2, 0.25) is 5.88 Å². The molecule has 0 aliphatic heterocycles. The number of nitrogens with zero attached hydrogens (tertiary/aromatic N) is 2. The van der Waals surface area contributed by atoms with Gasteiger partial charge in [-0.15, -0.1) is 11.3 Å². The number of aryl methyl sites for hydroxylation is 3. The number of hydrogen-bond acceptors (Lipinski definition) is 6. The summed E-state index contributed by atoms with van der Waals surface area (Å²) in [7, 11) is 0. The van der Waals surface area contributed by atoms with E-state index in [9.17, 15) is 4.79 Å². The number of aromatic nitrogens is 2. The number of pyridine rings is 1. The minimum Gasteiger partial charge on any atom is -0.493 e. The quantitative estimate of drug-likeness (QED) is 0.464. The van der Waals surface area contributed by atoms with E-state index in [2.05, 4.69) is 16.9 Å². The number of rotatable bonds is 9. The minimum atomic E-state index is -0.740. The van der Waals surface area contributed by atoms with Gasteiger partial charge in [-0.05, 0) is 61.9 Å². The minimum absolute atomic E-state index is 0.123. The number of carboxylic acids is 1. The molecule has 1 aliphatic carbocycles. The van der Waals surface area contributed by atoms with Gasteiger partial charge in [0.25, 0.3) is 0 Å². The molecule has 3 aromatic rings. The zero-order chi connectivity index (χ0) is 21.8. The number of hydrogen-bond donors (Lipinski definition) is 1. The van der Waals surface area contributed by atoms with E-state index in [0.717, 1.165) is 46.8 Å². The fraction of sp³-hybridized carbons (Fsp3) is 0.375. The third-order valence-electron chi connectivity index (χ3n) is 5.56. The topological polar surface area (TPSA) is 81.5 Å². The highest BCUT2D eigenvalue weighted by Crippen LogP contribution is 2.37. The Balaban J connectivity index is 1.21. The Labute approximate surface area is 185 Å². The van der Waals surface area contributed by atoms with Crippen LogP contribution in [-0.2, 0) is 11.2 Å². The molecule has 6 nitrogen and oxygen atoms in total. The highest BCUT2D eigenvalue weighted by molar-refractivity contribution is 7.15. The second-order valence-electron chi connectivity index (χ2n) is 7.79. The van der Waals surface area contributed by atoms with Gasteiger partial charge in [-0.3, -0.25) is 4.79 Å². The van der Waals surface area contributed by atoms with E-state index in [4.69, 9.17) is 14.6 Å². The lowest BCUT2D eigenvalue weighted by Crippen LogP contribution is -2.06. The Morgan fingerprint density at radius 1 is 1.19 bits per heavy atom. The first-order valence-corrected chi connectivity index (χ1v) is 11.3. The Hall–Kier alpha value is -2.93. The van der Waals surface area contributed by atoms with E-state index in [1.54, 1.807) is 17.5 Å². The van der Waals surface area contributed by atoms with Gasteiger partial charge in [0, 0.05) is 29.1 Å². The number of aliphatic carboxylic acids is 1. The molecular formula is C24H26N2O4S. The van der Waals surface area contributed by atoms with Crippen molar-refractivity contribution in [3.8, 4) is 22.2 Å². The maximum absolute atomic E-state index is 11.0. The molecule has 1 N–H and O–H groups in total. The predicted octanol–water partition coefficient (Wildman–Crippen LogP) is 5.17. The summed E-state index contributed by atoms with van der Waals surface area (Å²) in [6, 6.07) is 9.84. The van der Waals surface area contributed by atoms with Crippen LogP contribution >= 0.6 is 11.3 Å². The predicted molar refractivity (Wildman–Crippen MR) is 120 cm³/mol. The van der Waals surface area contributed by atoms with Crippen molar-refractivity contribution in [1.82, 2.24) is 9.97 Å². The number of carboxylic acid groups (broad SMARTS) is 1. The second-order valence-corrected chi connectivity index (χ2v) is 8.99. The third kappa shape index (κ3) is 5.22. The molecule has 1 aromatic carbocycles. The van der Waals surface area contributed by atoms with E-state index < -0.39 is 5.97 Å². The first-order valence-electron chi connectivity index (χ1n) is 10.5. The molecule has 2 aromatic heterocycles. The zero-order valence-electron chi connectivity index (χ0n) is 17.8. The molecule has 2 heterocycles. The van der Waals surface area contributed by atoms with Gasteiger partial charge in [-0.1, -0.05) is 6.07 Å². The van der Waals surface area contributed by atoms with Gasteiger partial charge >= 0.3 is 5.97 Å². The number of fused-ring (bicyclic) bond motifs is 1. The summed E-state index contributed by atoms with van der Waals surface area (Å²) in [5.41, 5.74) is 4.41. The molecule has 31 heavy (non-hydrogen) atoms. The van der Waals surface area contributed by atoms with Crippen molar-refractivity contribution in [3.63, 3.8) is 0 Å². The highest BCUT2D eigenvalue weighted by atomic mass is 32.1. The van der Waals surface area contributed by atoms with Crippen LogP contribution in [0.4, 0.5) is 0 Å². The van der Waals surface area contributed by atoms with Crippen molar-refractivity contribution >= 4 is 17.3 Å². The molecule has 0 bridgehead atoms. The molecule has 162 valence electrons. The van der Waals surface area contributed by atoms with Crippen LogP contribution in [0.2, 0.25) is 0 Å². The van der Waals surface area contributed by atoms with Crippen LogP contribution in [-0.4, -0.2) is 34.3 Å². The molecule has 0 saturated heterocycles. The maximum atomic E-state index is 11.0. The Bertz CT molecular complexity index is 1040. The maximum Gasteiger partial charge on any atom is 0.303 e. The SMILES string of the molecule is Cc1nc(-c2ccc(OCCCOc3ccc4c(c3)CC[C@H]4CC(=O)O)nc2)sc1C. The molecule has 0 radical (unpaired) electrons. The molecule has 1 atom stereocenters. The van der Waals surface area contributed by atoms with Crippen molar-refractivity contribution in [2.75, 3.05) is 13.2 Å². The van der Waals surface area contributed by atoms with Crippen LogP contribution in [0.15, 0.2) is 36.5 Å². The Morgan fingerprint density at radius 2 is 2.03 bits per heavy atom. The fourth-order valence-corrected chi connectivity index (χ4v) is 4.71. The fourth-order valence-electron chi connectivity index (χ4n) is 3.81. The van der Waals surface area contributed by atoms with Crippen LogP contribution in [0.25, 0.3) is 10.6 Å². The van der Waals surface area contributed by atoms with Gasteiger partial charge in [-0.2, -0.15) is 0 Å². The summed E-state index contributed by atoms with van der Waals surface area (Å²) in [4.78, 5) is 21.1. The Morgan fingerprint density at radius 3 is 2.74 bits per heavy atom. The molecule has 0 unspecified atom stereocenters. The Kier molecular flexibility index (Phi) is 6.51. The van der Waals surface area contributed by atoms with E-state index in [1.165, 1.54) is 10.4 Å². The third-order valence-corrected chi connectivity index (χ3v) is 6.68. The normalized spacial score (nSPS) is 15.0. The summed E-state index contributed by atoms with van der Waals surface area (Å²) < 4.78 is 11.6. The van der Waals surface area contributed by atoms with Crippen LogP contribution in [0, 0.1) is 13.8 Å². The smallest absolute Gasteiger partial charge is 0.303 e. The number of thiazole rings is 1. The number of carbonyl (C=O) groups is 1. The van der Waals surface area contributed by atoms with Crippen molar-refractivity contribution in [2.24, 2.45) is 0 Å². The molecule has 0 fully saturated rings. The average Bonchev–Trinajstić information content (AvgIpc) is 3.30. The van der Waals surface area contributed by atoms with Gasteiger partial charge in [0.05, 0.1) is 25.3 Å². The van der Waals surface area contributed by atoms with Crippen molar-refractivity contribution in [3.05, 3.63) is 58.2 Å². The number of ether oxygens (including phenoxy) is 2. The van der Waals surface area contributed by atoms with Gasteiger partial charge < -0.3 is 14.6 Å². The van der Waals surface area contributed by atoms with Crippen LogP contribution in [0.3, 0.4) is 0 Å². The van der Waals surface area contributed by atoms with E-state index in [1.807, 2.05) is 37.3 Å². The molecular weight excluding hydrogens is 412 g/mol. The summed E-state index contributed by atoms with van der Waals surface area (Å²) in [6.07, 6.45) is 4.54. The summed E-state index contributed by atoms with van der Waals surface area (Å²) in [6.45, 7) is 5.16. The average molecular weight is 439 g/mol. The largest absolute Gasteiger partial charge is 0.493 e. The molecule has 0 amide bonds. The highest BCUT2D eigenvalue weighted by Gasteiger charge is 2.24. The van der Waals surface area contributed by atoms with Crippen LogP contribution in [0.1, 0.15) is 46.9 Å². The molecule has 7 heteroatoms. The van der Waals surface area contributed by atoms with Crippen molar-refractivity contribution in [1.29, 1.82) is 0 Å². The van der Waals surface area contributed by atoms with Gasteiger partial charge in [0.1, 0.15) is 10.8 Å². The van der Waals surface area contributed by atoms with Crippen LogP contribution < -0.4 is 9.47 Å². The van der Waals surface area contributed by atoms with Gasteiger partial charge in [0.15, 0.2) is 0 Å².